The van der Waals surface area contributed by atoms with Crippen molar-refractivity contribution in [2.75, 3.05) is 0 Å². The molecule has 0 spiro atoms. The minimum Gasteiger partial charge on any atom is -0.341 e. The van der Waals surface area contributed by atoms with Crippen molar-refractivity contribution in [2.24, 2.45) is 0 Å². The molecule has 0 fully saturated rings. The van der Waals surface area contributed by atoms with Gasteiger partial charge in [-0.1, -0.05) is 50.5 Å². The predicted molar refractivity (Wildman–Crippen MR) is 129 cm³/mol. The van der Waals surface area contributed by atoms with E-state index in [1.807, 2.05) is 11.3 Å². The van der Waals surface area contributed by atoms with E-state index < -0.39 is 0 Å². The number of aromatic nitrogens is 1. The van der Waals surface area contributed by atoms with E-state index in [1.165, 1.54) is 72.8 Å². The highest BCUT2D eigenvalue weighted by atomic mass is 127. The first-order chi connectivity index (χ1) is 13.2. The molecule has 0 saturated carbocycles. The number of rotatable bonds is 7. The maximum absolute atomic E-state index is 2.53. The Hall–Kier alpha value is -1.33. The van der Waals surface area contributed by atoms with Crippen molar-refractivity contribution in [3.8, 4) is 10.4 Å². The van der Waals surface area contributed by atoms with Gasteiger partial charge in [-0.25, -0.2) is 0 Å². The summed E-state index contributed by atoms with van der Waals surface area (Å²) in [5.74, 6) is 0. The van der Waals surface area contributed by atoms with Crippen molar-refractivity contribution in [2.45, 2.75) is 52.5 Å². The minimum atomic E-state index is 1.00. The molecule has 2 aromatic heterocycles. The van der Waals surface area contributed by atoms with Crippen molar-refractivity contribution in [1.29, 1.82) is 0 Å². The molecule has 0 unspecified atom stereocenters. The highest BCUT2D eigenvalue weighted by molar-refractivity contribution is 14.1. The molecule has 0 N–H and O–H groups in total. The Morgan fingerprint density at radius 2 is 1.70 bits per heavy atom. The molecule has 0 atom stereocenters. The lowest BCUT2D eigenvalue weighted by Gasteiger charge is -2.03. The third kappa shape index (κ3) is 3.68. The van der Waals surface area contributed by atoms with Gasteiger partial charge in [-0.3, -0.25) is 0 Å². The van der Waals surface area contributed by atoms with E-state index in [-0.39, 0.29) is 0 Å². The van der Waals surface area contributed by atoms with Gasteiger partial charge in [-0.2, -0.15) is 0 Å². The molecule has 0 saturated heterocycles. The summed E-state index contributed by atoms with van der Waals surface area (Å²) in [5.41, 5.74) is 5.56. The molecule has 4 rings (SSSR count). The Morgan fingerprint density at radius 1 is 0.889 bits per heavy atom. The first-order valence-electron chi connectivity index (χ1n) is 10.0. The molecule has 0 aliphatic rings. The van der Waals surface area contributed by atoms with Gasteiger partial charge in [-0.05, 0) is 77.7 Å². The summed E-state index contributed by atoms with van der Waals surface area (Å²) in [6, 6.07) is 18.2. The first-order valence-corrected chi connectivity index (χ1v) is 11.9. The fourth-order valence-corrected chi connectivity index (χ4v) is 6.08. The third-order valence-corrected chi connectivity index (χ3v) is 7.80. The van der Waals surface area contributed by atoms with Gasteiger partial charge in [-0.15, -0.1) is 11.3 Å². The van der Waals surface area contributed by atoms with E-state index in [0.29, 0.717) is 0 Å². The second-order valence-electron chi connectivity index (χ2n) is 7.21. The second-order valence-corrected chi connectivity index (χ2v) is 10.1. The van der Waals surface area contributed by atoms with E-state index in [4.69, 9.17) is 0 Å². The van der Waals surface area contributed by atoms with Gasteiger partial charge < -0.3 is 4.57 Å². The summed E-state index contributed by atoms with van der Waals surface area (Å²) < 4.78 is 3.88. The molecule has 0 bridgehead atoms. The number of thiophene rings is 1. The van der Waals surface area contributed by atoms with Crippen LogP contribution in [0.15, 0.2) is 48.5 Å². The third-order valence-electron chi connectivity index (χ3n) is 5.43. The minimum absolute atomic E-state index is 1.00. The molecular formula is C24H26INS. The molecule has 2 aromatic carbocycles. The molecule has 0 radical (unpaired) electrons. The number of nitrogens with zero attached hydrogens (tertiary/aromatic N) is 1. The average Bonchev–Trinajstić information content (AvgIpc) is 3.22. The van der Waals surface area contributed by atoms with Crippen molar-refractivity contribution in [3.63, 3.8) is 0 Å². The standard InChI is InChI=1S/C24H26INS/c1-3-5-6-7-10-18-16-23(27-24(18)25)17-13-14-22-20(15-17)19-11-8-9-12-21(19)26(22)4-2/h8-9,11-16H,3-7,10H2,1-2H3. The highest BCUT2D eigenvalue weighted by Gasteiger charge is 2.13. The zero-order valence-electron chi connectivity index (χ0n) is 16.1. The lowest BCUT2D eigenvalue weighted by atomic mass is 10.1. The smallest absolute Gasteiger partial charge is 0.0692 e. The van der Waals surface area contributed by atoms with Gasteiger partial charge in [0, 0.05) is 33.2 Å². The van der Waals surface area contributed by atoms with Gasteiger partial charge in [0.05, 0.1) is 2.88 Å². The zero-order chi connectivity index (χ0) is 18.8. The molecule has 2 heterocycles. The van der Waals surface area contributed by atoms with Crippen LogP contribution < -0.4 is 0 Å². The number of para-hydroxylation sites is 1. The van der Waals surface area contributed by atoms with Crippen LogP contribution in [0.2, 0.25) is 0 Å². The average molecular weight is 487 g/mol. The maximum Gasteiger partial charge on any atom is 0.0692 e. The summed E-state index contributed by atoms with van der Waals surface area (Å²) in [7, 11) is 0. The Morgan fingerprint density at radius 3 is 2.52 bits per heavy atom. The fraction of sp³-hybridized carbons (Fsp3) is 0.333. The summed E-state index contributed by atoms with van der Waals surface area (Å²) in [4.78, 5) is 1.40. The SMILES string of the molecule is CCCCCCc1cc(-c2ccc3c(c2)c2ccccc2n3CC)sc1I. The predicted octanol–water partition coefficient (Wildman–Crippen LogP) is 8.27. The van der Waals surface area contributed by atoms with Crippen molar-refractivity contribution in [3.05, 3.63) is 57.0 Å². The van der Waals surface area contributed by atoms with Crippen molar-refractivity contribution >= 4 is 55.7 Å². The van der Waals surface area contributed by atoms with E-state index in [2.05, 4.69) is 89.5 Å². The molecule has 1 nitrogen and oxygen atoms in total. The maximum atomic E-state index is 2.53. The first kappa shape index (κ1) is 19.0. The van der Waals surface area contributed by atoms with Crippen LogP contribution in [0.5, 0.6) is 0 Å². The van der Waals surface area contributed by atoms with Crippen molar-refractivity contribution in [1.82, 2.24) is 4.57 Å². The number of fused-ring (bicyclic) bond motifs is 3. The largest absolute Gasteiger partial charge is 0.341 e. The molecule has 0 aliphatic heterocycles. The summed E-state index contributed by atoms with van der Waals surface area (Å²) in [5, 5.41) is 2.74. The molecule has 140 valence electrons. The van der Waals surface area contributed by atoms with Gasteiger partial charge in [0.2, 0.25) is 0 Å². The van der Waals surface area contributed by atoms with Crippen molar-refractivity contribution < 1.29 is 0 Å². The Kier molecular flexibility index (Phi) is 5.88. The topological polar surface area (TPSA) is 4.93 Å². The molecule has 0 aliphatic carbocycles. The fourth-order valence-electron chi connectivity index (χ4n) is 4.01. The molecule has 4 aromatic rings. The number of benzene rings is 2. The Labute approximate surface area is 179 Å². The normalized spacial score (nSPS) is 11.7. The van der Waals surface area contributed by atoms with Crippen LogP contribution in [0.25, 0.3) is 32.2 Å². The van der Waals surface area contributed by atoms with E-state index in [9.17, 15) is 0 Å². The van der Waals surface area contributed by atoms with Gasteiger partial charge in [0.1, 0.15) is 0 Å². The molecule has 0 amide bonds. The lowest BCUT2D eigenvalue weighted by molar-refractivity contribution is 0.667. The van der Waals surface area contributed by atoms with Crippen LogP contribution in [0.1, 0.15) is 45.1 Å². The lowest BCUT2D eigenvalue weighted by Crippen LogP contribution is -1.92. The number of hydrogen-bond acceptors (Lipinski definition) is 1. The van der Waals surface area contributed by atoms with Gasteiger partial charge in [0.25, 0.3) is 0 Å². The second kappa shape index (κ2) is 8.36. The highest BCUT2D eigenvalue weighted by Crippen LogP contribution is 2.37. The van der Waals surface area contributed by atoms with E-state index in [1.54, 1.807) is 0 Å². The summed E-state index contributed by atoms with van der Waals surface area (Å²) in [6.07, 6.45) is 6.53. The van der Waals surface area contributed by atoms with Crippen LogP contribution in [-0.4, -0.2) is 4.57 Å². The Bertz CT molecular complexity index is 1070. The number of halogens is 1. The number of unbranched alkanes of at least 4 members (excludes halogenated alkanes) is 3. The number of hydrogen-bond donors (Lipinski definition) is 0. The van der Waals surface area contributed by atoms with Crippen LogP contribution in [0.3, 0.4) is 0 Å². The monoisotopic (exact) mass is 487 g/mol. The van der Waals surface area contributed by atoms with Crippen LogP contribution in [0.4, 0.5) is 0 Å². The van der Waals surface area contributed by atoms with E-state index in [0.717, 1.165) is 6.54 Å². The quantitative estimate of drug-likeness (QED) is 0.183. The van der Waals surface area contributed by atoms with Crippen LogP contribution in [-0.2, 0) is 13.0 Å². The molecular weight excluding hydrogens is 461 g/mol. The summed E-state index contributed by atoms with van der Waals surface area (Å²) in [6.45, 7) is 5.51. The molecule has 3 heteroatoms. The number of aryl methyl sites for hydroxylation is 2. The Balaban J connectivity index is 1.71. The van der Waals surface area contributed by atoms with Gasteiger partial charge in [0.15, 0.2) is 0 Å². The summed E-state index contributed by atoms with van der Waals surface area (Å²) >= 11 is 4.46. The van der Waals surface area contributed by atoms with Gasteiger partial charge >= 0.3 is 0 Å². The van der Waals surface area contributed by atoms with Crippen LogP contribution in [0, 0.1) is 2.88 Å². The van der Waals surface area contributed by atoms with E-state index >= 15 is 0 Å². The molecule has 27 heavy (non-hydrogen) atoms. The van der Waals surface area contributed by atoms with Crippen LogP contribution >= 0.6 is 33.9 Å². The zero-order valence-corrected chi connectivity index (χ0v) is 19.1.